The van der Waals surface area contributed by atoms with Crippen molar-refractivity contribution < 1.29 is 4.74 Å². The Labute approximate surface area is 178 Å². The van der Waals surface area contributed by atoms with E-state index in [1.807, 2.05) is 0 Å². The molecule has 3 heteroatoms. The Morgan fingerprint density at radius 3 is 2.39 bits per heavy atom. The second-order valence-electron chi connectivity index (χ2n) is 8.72. The van der Waals surface area contributed by atoms with E-state index in [2.05, 4.69) is 70.2 Å². The maximum absolute atomic E-state index is 5.94. The summed E-state index contributed by atoms with van der Waals surface area (Å²) in [4.78, 5) is 2.55. The van der Waals surface area contributed by atoms with Gasteiger partial charge in [-0.3, -0.25) is 4.90 Å². The van der Waals surface area contributed by atoms with E-state index < -0.39 is 0 Å². The lowest BCUT2D eigenvalue weighted by molar-refractivity contribution is 0.0678. The lowest BCUT2D eigenvalue weighted by atomic mass is 9.81. The highest BCUT2D eigenvalue weighted by Gasteiger charge is 2.21. The zero-order valence-corrected chi connectivity index (χ0v) is 18.6. The van der Waals surface area contributed by atoms with E-state index in [9.17, 15) is 0 Å². The Balaban J connectivity index is 1.43. The number of hydrogen-bond acceptors (Lipinski definition) is 2. The molecule has 2 aliphatic rings. The van der Waals surface area contributed by atoms with Crippen LogP contribution in [0.2, 0.25) is 0 Å². The van der Waals surface area contributed by atoms with Crippen LogP contribution in [0.15, 0.2) is 46.9 Å². The molecular weight excluding hydrogens is 410 g/mol. The number of hydrogen-bond donors (Lipinski definition) is 0. The number of halogens is 1. The molecule has 150 valence electrons. The molecule has 1 aliphatic heterocycles. The van der Waals surface area contributed by atoms with E-state index in [1.54, 1.807) is 0 Å². The number of aryl methyl sites for hydroxylation is 1. The molecule has 1 atom stereocenters. The van der Waals surface area contributed by atoms with Crippen LogP contribution in [-0.4, -0.2) is 24.2 Å². The van der Waals surface area contributed by atoms with Gasteiger partial charge in [0.05, 0.1) is 6.10 Å². The van der Waals surface area contributed by atoms with Gasteiger partial charge in [-0.05, 0) is 60.4 Å². The smallest absolute Gasteiger partial charge is 0.0703 e. The quantitative estimate of drug-likeness (QED) is 0.477. The first kappa shape index (κ1) is 20.1. The van der Waals surface area contributed by atoms with Crippen LogP contribution in [0.5, 0.6) is 0 Å². The van der Waals surface area contributed by atoms with Crippen molar-refractivity contribution in [3.63, 3.8) is 0 Å². The first-order chi connectivity index (χ1) is 13.7. The van der Waals surface area contributed by atoms with Crippen molar-refractivity contribution in [3.8, 4) is 0 Å². The third kappa shape index (κ3) is 5.46. The largest absolute Gasteiger partial charge is 0.377 e. The zero-order chi connectivity index (χ0) is 19.3. The van der Waals surface area contributed by atoms with Crippen LogP contribution in [0, 0.1) is 12.8 Å². The Morgan fingerprint density at radius 2 is 1.75 bits per heavy atom. The summed E-state index contributed by atoms with van der Waals surface area (Å²) < 4.78 is 7.15. The van der Waals surface area contributed by atoms with Crippen molar-refractivity contribution in [2.45, 2.75) is 64.6 Å². The van der Waals surface area contributed by atoms with Crippen LogP contribution in [0.3, 0.4) is 0 Å². The standard InChI is InChI=1S/C25H32BrNO/c1-19-7-12-23(25(26)14-19)17-27(18-24-6-3-13-28-24)16-22-10-8-21(9-11-22)15-20-4-2-5-20/h7-12,14,20,24H,2-6,13,15-18H2,1H3. The molecule has 1 heterocycles. The first-order valence-corrected chi connectivity index (χ1v) is 11.6. The molecule has 28 heavy (non-hydrogen) atoms. The van der Waals surface area contributed by atoms with Crippen molar-refractivity contribution in [3.05, 3.63) is 69.2 Å². The van der Waals surface area contributed by atoms with Crippen molar-refractivity contribution in [1.82, 2.24) is 4.90 Å². The van der Waals surface area contributed by atoms with Gasteiger partial charge in [0.2, 0.25) is 0 Å². The molecule has 0 spiro atoms. The molecule has 2 fully saturated rings. The summed E-state index contributed by atoms with van der Waals surface area (Å²) in [6.07, 6.45) is 8.28. The number of ether oxygens (including phenoxy) is 1. The molecule has 4 rings (SSSR count). The van der Waals surface area contributed by atoms with Gasteiger partial charge in [0, 0.05) is 30.7 Å². The second-order valence-corrected chi connectivity index (χ2v) is 9.57. The highest BCUT2D eigenvalue weighted by atomic mass is 79.9. The minimum atomic E-state index is 0.377. The van der Waals surface area contributed by atoms with Crippen LogP contribution in [0.1, 0.15) is 54.4 Å². The van der Waals surface area contributed by atoms with Crippen LogP contribution >= 0.6 is 15.9 Å². The molecule has 0 N–H and O–H groups in total. The van der Waals surface area contributed by atoms with E-state index in [0.717, 1.165) is 32.2 Å². The summed E-state index contributed by atoms with van der Waals surface area (Å²) in [5.41, 5.74) is 5.55. The van der Waals surface area contributed by atoms with Gasteiger partial charge >= 0.3 is 0 Å². The van der Waals surface area contributed by atoms with Crippen LogP contribution in [0.25, 0.3) is 0 Å². The fraction of sp³-hybridized carbons (Fsp3) is 0.520. The summed E-state index contributed by atoms with van der Waals surface area (Å²) in [6.45, 7) is 5.99. The number of nitrogens with zero attached hydrogens (tertiary/aromatic N) is 1. The van der Waals surface area contributed by atoms with E-state index in [-0.39, 0.29) is 0 Å². The molecular formula is C25H32BrNO. The fourth-order valence-corrected chi connectivity index (χ4v) is 4.97. The zero-order valence-electron chi connectivity index (χ0n) is 17.0. The highest BCUT2D eigenvalue weighted by molar-refractivity contribution is 9.10. The van der Waals surface area contributed by atoms with Gasteiger partial charge in [0.1, 0.15) is 0 Å². The predicted octanol–water partition coefficient (Wildman–Crippen LogP) is 6.28. The van der Waals surface area contributed by atoms with Gasteiger partial charge < -0.3 is 4.74 Å². The Kier molecular flexibility index (Phi) is 6.87. The Morgan fingerprint density at radius 1 is 0.964 bits per heavy atom. The summed E-state index contributed by atoms with van der Waals surface area (Å²) in [7, 11) is 0. The topological polar surface area (TPSA) is 12.5 Å². The monoisotopic (exact) mass is 441 g/mol. The summed E-state index contributed by atoms with van der Waals surface area (Å²) >= 11 is 3.76. The first-order valence-electron chi connectivity index (χ1n) is 10.8. The summed E-state index contributed by atoms with van der Waals surface area (Å²) in [6, 6.07) is 16.0. The van der Waals surface area contributed by atoms with Gasteiger partial charge in [0.15, 0.2) is 0 Å². The molecule has 0 aromatic heterocycles. The van der Waals surface area contributed by atoms with E-state index in [4.69, 9.17) is 4.74 Å². The predicted molar refractivity (Wildman–Crippen MR) is 119 cm³/mol. The molecule has 0 radical (unpaired) electrons. The van der Waals surface area contributed by atoms with Crippen LogP contribution in [-0.2, 0) is 24.2 Å². The second kappa shape index (κ2) is 9.56. The summed E-state index contributed by atoms with van der Waals surface area (Å²) in [5, 5.41) is 0. The van der Waals surface area contributed by atoms with Crippen LogP contribution in [0.4, 0.5) is 0 Å². The maximum atomic E-state index is 5.94. The van der Waals surface area contributed by atoms with Crippen molar-refractivity contribution in [2.75, 3.05) is 13.2 Å². The average Bonchev–Trinajstić information content (AvgIpc) is 3.15. The molecule has 2 aromatic rings. The third-order valence-corrected chi connectivity index (χ3v) is 7.00. The molecule has 1 aliphatic carbocycles. The molecule has 1 unspecified atom stereocenters. The van der Waals surface area contributed by atoms with Gasteiger partial charge in [-0.15, -0.1) is 0 Å². The van der Waals surface area contributed by atoms with Gasteiger partial charge in [-0.1, -0.05) is 71.6 Å². The highest BCUT2D eigenvalue weighted by Crippen LogP contribution is 2.30. The minimum Gasteiger partial charge on any atom is -0.377 e. The van der Waals surface area contributed by atoms with Crippen molar-refractivity contribution >= 4 is 15.9 Å². The molecule has 0 bridgehead atoms. The number of rotatable bonds is 8. The van der Waals surface area contributed by atoms with Gasteiger partial charge in [-0.25, -0.2) is 0 Å². The average molecular weight is 442 g/mol. The maximum Gasteiger partial charge on any atom is 0.0703 e. The van der Waals surface area contributed by atoms with E-state index in [0.29, 0.717) is 6.10 Å². The molecule has 2 nitrogen and oxygen atoms in total. The minimum absolute atomic E-state index is 0.377. The number of benzene rings is 2. The van der Waals surface area contributed by atoms with Gasteiger partial charge in [-0.2, -0.15) is 0 Å². The normalized spacial score (nSPS) is 19.9. The Bertz CT molecular complexity index is 763. The van der Waals surface area contributed by atoms with Crippen LogP contribution < -0.4 is 0 Å². The molecule has 1 saturated heterocycles. The van der Waals surface area contributed by atoms with Crippen molar-refractivity contribution in [2.24, 2.45) is 5.92 Å². The molecule has 1 saturated carbocycles. The van der Waals surface area contributed by atoms with Crippen molar-refractivity contribution in [1.29, 1.82) is 0 Å². The fourth-order valence-electron chi connectivity index (χ4n) is 4.35. The molecule has 0 amide bonds. The molecule has 2 aromatic carbocycles. The lowest BCUT2D eigenvalue weighted by Crippen LogP contribution is -2.31. The Hall–Kier alpha value is -1.16. The third-order valence-electron chi connectivity index (χ3n) is 6.27. The lowest BCUT2D eigenvalue weighted by Gasteiger charge is -2.27. The van der Waals surface area contributed by atoms with E-state index >= 15 is 0 Å². The van der Waals surface area contributed by atoms with E-state index in [1.165, 1.54) is 65.3 Å². The summed E-state index contributed by atoms with van der Waals surface area (Å²) in [5.74, 6) is 0.931. The van der Waals surface area contributed by atoms with Gasteiger partial charge in [0.25, 0.3) is 0 Å². The SMILES string of the molecule is Cc1ccc(CN(Cc2ccc(CC3CCC3)cc2)CC2CCCO2)c(Br)c1.